The average molecular weight is 311 g/mol. The molecule has 110 valence electrons. The Morgan fingerprint density at radius 1 is 1.05 bits per heavy atom. The molecule has 1 heterocycles. The first-order chi connectivity index (χ1) is 10.7. The number of rotatable bonds is 4. The molecule has 0 spiro atoms. The van der Waals surface area contributed by atoms with Crippen LogP contribution in [0, 0.1) is 12.7 Å². The molecule has 0 saturated carbocycles. The van der Waals surface area contributed by atoms with Crippen LogP contribution < -0.4 is 0 Å². The maximum absolute atomic E-state index is 12.9. The van der Waals surface area contributed by atoms with Crippen LogP contribution in [-0.2, 0) is 6.54 Å². The third-order valence-electron chi connectivity index (χ3n) is 3.16. The number of hydrogen-bond acceptors (Lipinski definition) is 4. The molecule has 0 radical (unpaired) electrons. The first-order valence-corrected chi connectivity index (χ1v) is 7.73. The van der Waals surface area contributed by atoms with Crippen LogP contribution in [0.3, 0.4) is 0 Å². The van der Waals surface area contributed by atoms with Crippen molar-refractivity contribution in [1.82, 2.24) is 4.98 Å². The van der Waals surface area contributed by atoms with E-state index in [1.54, 1.807) is 12.1 Å². The molecule has 0 aliphatic rings. The SMILES string of the molecule is Cc1ccc(CN=Nc2nc(-c3ccc(F)cc3)cs2)cc1. The Morgan fingerprint density at radius 2 is 1.77 bits per heavy atom. The Bertz CT molecular complexity index is 776. The second-order valence-electron chi connectivity index (χ2n) is 4.91. The summed E-state index contributed by atoms with van der Waals surface area (Å²) in [6, 6.07) is 14.5. The Balaban J connectivity index is 1.67. The summed E-state index contributed by atoms with van der Waals surface area (Å²) in [5, 5.41) is 10.8. The van der Waals surface area contributed by atoms with E-state index in [0.29, 0.717) is 11.7 Å². The first-order valence-electron chi connectivity index (χ1n) is 6.85. The maximum atomic E-state index is 12.9. The molecule has 0 saturated heterocycles. The highest BCUT2D eigenvalue weighted by atomic mass is 32.1. The van der Waals surface area contributed by atoms with Crippen molar-refractivity contribution in [2.75, 3.05) is 0 Å². The number of halogens is 1. The Labute approximate surface area is 132 Å². The van der Waals surface area contributed by atoms with E-state index in [4.69, 9.17) is 0 Å². The second-order valence-corrected chi connectivity index (χ2v) is 5.74. The van der Waals surface area contributed by atoms with Gasteiger partial charge in [0.25, 0.3) is 0 Å². The molecule has 0 fully saturated rings. The van der Waals surface area contributed by atoms with E-state index in [1.807, 2.05) is 17.5 Å². The Morgan fingerprint density at radius 3 is 2.50 bits per heavy atom. The number of hydrogen-bond donors (Lipinski definition) is 0. The van der Waals surface area contributed by atoms with Gasteiger partial charge in [0.05, 0.1) is 12.2 Å². The van der Waals surface area contributed by atoms with Crippen LogP contribution in [0.25, 0.3) is 11.3 Å². The molecule has 22 heavy (non-hydrogen) atoms. The number of nitrogens with zero attached hydrogens (tertiary/aromatic N) is 3. The van der Waals surface area contributed by atoms with Gasteiger partial charge in [-0.1, -0.05) is 29.8 Å². The molecule has 3 aromatic rings. The highest BCUT2D eigenvalue weighted by Crippen LogP contribution is 2.27. The van der Waals surface area contributed by atoms with Crippen LogP contribution in [0.2, 0.25) is 0 Å². The zero-order valence-electron chi connectivity index (χ0n) is 12.0. The summed E-state index contributed by atoms with van der Waals surface area (Å²) >= 11 is 1.42. The zero-order chi connectivity index (χ0) is 15.4. The number of benzene rings is 2. The molecule has 0 atom stereocenters. The lowest BCUT2D eigenvalue weighted by atomic mass is 10.2. The number of aryl methyl sites for hydroxylation is 1. The van der Waals surface area contributed by atoms with Gasteiger partial charge in [-0.3, -0.25) is 0 Å². The lowest BCUT2D eigenvalue weighted by molar-refractivity contribution is 0.628. The minimum absolute atomic E-state index is 0.253. The quantitative estimate of drug-likeness (QED) is 0.583. The van der Waals surface area contributed by atoms with Gasteiger partial charge in [-0.15, -0.1) is 16.5 Å². The number of azo groups is 1. The fraction of sp³-hybridized carbons (Fsp3) is 0.118. The van der Waals surface area contributed by atoms with Gasteiger partial charge in [0.2, 0.25) is 5.13 Å². The lowest BCUT2D eigenvalue weighted by Gasteiger charge is -1.96. The van der Waals surface area contributed by atoms with E-state index >= 15 is 0 Å². The summed E-state index contributed by atoms with van der Waals surface area (Å²) in [5.41, 5.74) is 4.00. The predicted octanol–water partition coefficient (Wildman–Crippen LogP) is 5.54. The highest BCUT2D eigenvalue weighted by Gasteiger charge is 2.04. The molecular weight excluding hydrogens is 297 g/mol. The van der Waals surface area contributed by atoms with Crippen LogP contribution in [0.15, 0.2) is 64.1 Å². The third kappa shape index (κ3) is 3.62. The monoisotopic (exact) mass is 311 g/mol. The van der Waals surface area contributed by atoms with Crippen LogP contribution in [-0.4, -0.2) is 4.98 Å². The highest BCUT2D eigenvalue weighted by molar-refractivity contribution is 7.13. The molecule has 0 aliphatic carbocycles. The first kappa shape index (κ1) is 14.5. The third-order valence-corrected chi connectivity index (χ3v) is 3.89. The summed E-state index contributed by atoms with van der Waals surface area (Å²) in [7, 11) is 0. The lowest BCUT2D eigenvalue weighted by Crippen LogP contribution is -1.80. The van der Waals surface area contributed by atoms with Crippen molar-refractivity contribution < 1.29 is 4.39 Å². The molecule has 1 aromatic heterocycles. The van der Waals surface area contributed by atoms with Crippen molar-refractivity contribution in [1.29, 1.82) is 0 Å². The molecule has 0 bridgehead atoms. The van der Waals surface area contributed by atoms with Crippen LogP contribution in [0.5, 0.6) is 0 Å². The molecule has 3 rings (SSSR count). The average Bonchev–Trinajstić information content (AvgIpc) is 2.99. The maximum Gasteiger partial charge on any atom is 0.230 e. The van der Waals surface area contributed by atoms with Crippen LogP contribution >= 0.6 is 11.3 Å². The standard InChI is InChI=1S/C17H14FN3S/c1-12-2-4-13(5-3-12)10-19-21-17-20-16(11-22-17)14-6-8-15(18)9-7-14/h2-9,11H,10H2,1H3. The fourth-order valence-corrected chi connectivity index (χ4v) is 2.60. The van der Waals surface area contributed by atoms with Crippen molar-refractivity contribution in [3.05, 3.63) is 70.9 Å². The normalized spacial score (nSPS) is 11.2. The summed E-state index contributed by atoms with van der Waals surface area (Å²) in [4.78, 5) is 4.39. The largest absolute Gasteiger partial charge is 0.230 e. The molecule has 0 aliphatic heterocycles. The van der Waals surface area contributed by atoms with Gasteiger partial charge in [-0.25, -0.2) is 9.37 Å². The van der Waals surface area contributed by atoms with Gasteiger partial charge >= 0.3 is 0 Å². The molecule has 5 heteroatoms. The molecule has 2 aromatic carbocycles. The van der Waals surface area contributed by atoms with E-state index in [0.717, 1.165) is 16.8 Å². The summed E-state index contributed by atoms with van der Waals surface area (Å²) in [5.74, 6) is -0.253. The van der Waals surface area contributed by atoms with Crippen LogP contribution in [0.4, 0.5) is 9.52 Å². The van der Waals surface area contributed by atoms with E-state index in [1.165, 1.54) is 29.0 Å². The van der Waals surface area contributed by atoms with E-state index < -0.39 is 0 Å². The molecule has 0 amide bonds. The van der Waals surface area contributed by atoms with E-state index in [9.17, 15) is 4.39 Å². The van der Waals surface area contributed by atoms with Gasteiger partial charge in [-0.05, 0) is 36.8 Å². The van der Waals surface area contributed by atoms with Crippen molar-refractivity contribution in [3.63, 3.8) is 0 Å². The van der Waals surface area contributed by atoms with E-state index in [-0.39, 0.29) is 5.82 Å². The minimum Gasteiger partial charge on any atom is -0.217 e. The smallest absolute Gasteiger partial charge is 0.217 e. The van der Waals surface area contributed by atoms with Gasteiger partial charge in [0.15, 0.2) is 0 Å². The Hall–Kier alpha value is -2.40. The van der Waals surface area contributed by atoms with Gasteiger partial charge in [0, 0.05) is 10.9 Å². The fourth-order valence-electron chi connectivity index (χ4n) is 1.93. The number of thiazole rings is 1. The topological polar surface area (TPSA) is 37.6 Å². The predicted molar refractivity (Wildman–Crippen MR) is 86.9 cm³/mol. The van der Waals surface area contributed by atoms with Crippen molar-refractivity contribution in [3.8, 4) is 11.3 Å². The second kappa shape index (κ2) is 6.58. The summed E-state index contributed by atoms with van der Waals surface area (Å²) in [6.45, 7) is 2.59. The van der Waals surface area contributed by atoms with Crippen molar-refractivity contribution in [2.45, 2.75) is 13.5 Å². The Kier molecular flexibility index (Phi) is 4.34. The van der Waals surface area contributed by atoms with Crippen molar-refractivity contribution >= 4 is 16.5 Å². The zero-order valence-corrected chi connectivity index (χ0v) is 12.8. The van der Waals surface area contributed by atoms with Crippen molar-refractivity contribution in [2.24, 2.45) is 10.2 Å². The number of aromatic nitrogens is 1. The summed E-state index contributed by atoms with van der Waals surface area (Å²) in [6.07, 6.45) is 0. The molecule has 0 N–H and O–H groups in total. The van der Waals surface area contributed by atoms with Crippen LogP contribution in [0.1, 0.15) is 11.1 Å². The molecular formula is C17H14FN3S. The van der Waals surface area contributed by atoms with Gasteiger partial charge in [-0.2, -0.15) is 5.11 Å². The van der Waals surface area contributed by atoms with Gasteiger partial charge < -0.3 is 0 Å². The summed E-state index contributed by atoms with van der Waals surface area (Å²) < 4.78 is 12.9. The van der Waals surface area contributed by atoms with E-state index in [2.05, 4.69) is 34.3 Å². The molecule has 0 unspecified atom stereocenters. The molecule has 3 nitrogen and oxygen atoms in total. The minimum atomic E-state index is -0.253. The van der Waals surface area contributed by atoms with Gasteiger partial charge in [0.1, 0.15) is 5.82 Å².